The van der Waals surface area contributed by atoms with Gasteiger partial charge < -0.3 is 29.4 Å². The topological polar surface area (TPSA) is 69.6 Å². The Bertz CT molecular complexity index is 1120. The van der Waals surface area contributed by atoms with E-state index in [1.54, 1.807) is 19.2 Å². The van der Waals surface area contributed by atoms with E-state index in [2.05, 4.69) is 21.0 Å². The number of nitrogens with zero attached hydrogens (tertiary/aromatic N) is 2. The van der Waals surface area contributed by atoms with Gasteiger partial charge in [-0.25, -0.2) is 0 Å². The number of methoxy groups -OCH3 is 1. The molecule has 3 aromatic rings. The first-order valence-electron chi connectivity index (χ1n) is 11.9. The van der Waals surface area contributed by atoms with Crippen LogP contribution < -0.4 is 34.0 Å². The second-order valence-electron chi connectivity index (χ2n) is 9.64. The molecule has 3 aliphatic heterocycles. The second-order valence-corrected chi connectivity index (χ2v) is 9.64. The number of carbonyl (C=O) groups excluding carboxylic acids is 1. The zero-order valence-corrected chi connectivity index (χ0v) is 20.3. The number of ether oxygens (including phenoxy) is 1. The van der Waals surface area contributed by atoms with Crippen LogP contribution >= 0.6 is 0 Å². The van der Waals surface area contributed by atoms with Crippen LogP contribution in [-0.2, 0) is 13.0 Å². The standard InChI is InChI=1S/C27H33N3O3.Li/c1-33-22-7-5-20(6-8-22)17-30-18-21(25-23(26(31)32)3-2-4-24(25)30)9-13-28-19-27-10-14-29(15-11-27)16-12-27;/h2-8,18,28H,9-17,19H2,1H3,(H,31,32);/q;+1/p-1. The number of aromatic carboxylic acids is 1. The molecule has 2 bridgehead atoms. The quantitative estimate of drug-likeness (QED) is 0.356. The predicted octanol–water partition coefficient (Wildman–Crippen LogP) is -0.316. The normalized spacial score (nSPS) is 21.4. The van der Waals surface area contributed by atoms with Gasteiger partial charge in [0, 0.05) is 35.8 Å². The first kappa shape index (κ1) is 24.9. The minimum Gasteiger partial charge on any atom is -0.545 e. The van der Waals surface area contributed by atoms with Crippen LogP contribution in [0.4, 0.5) is 0 Å². The van der Waals surface area contributed by atoms with Crippen molar-refractivity contribution in [2.75, 3.05) is 39.8 Å². The van der Waals surface area contributed by atoms with Crippen LogP contribution in [0.15, 0.2) is 48.7 Å². The summed E-state index contributed by atoms with van der Waals surface area (Å²) in [7, 11) is 1.66. The third-order valence-corrected chi connectivity index (χ3v) is 7.66. The molecule has 6 rings (SSSR count). The summed E-state index contributed by atoms with van der Waals surface area (Å²) in [5.74, 6) is -0.296. The largest absolute Gasteiger partial charge is 1.00 e. The summed E-state index contributed by atoms with van der Waals surface area (Å²) in [5.41, 5.74) is 3.85. The molecule has 7 heteroatoms. The molecule has 6 nitrogen and oxygen atoms in total. The SMILES string of the molecule is COc1ccc(Cn2cc(CCNCC34CCN(CC3)CC4)c3c(C(=O)[O-])cccc32)cc1.[Li+]. The molecule has 3 saturated heterocycles. The molecular weight excluding hydrogens is 421 g/mol. The van der Waals surface area contributed by atoms with Gasteiger partial charge in [-0.05, 0) is 86.6 Å². The van der Waals surface area contributed by atoms with E-state index >= 15 is 0 Å². The van der Waals surface area contributed by atoms with Gasteiger partial charge in [-0.2, -0.15) is 0 Å². The van der Waals surface area contributed by atoms with Gasteiger partial charge in [-0.15, -0.1) is 0 Å². The van der Waals surface area contributed by atoms with Crippen LogP contribution in [0, 0.1) is 5.41 Å². The number of rotatable bonds is 9. The molecule has 0 aliphatic carbocycles. The van der Waals surface area contributed by atoms with Gasteiger partial charge in [-0.3, -0.25) is 0 Å². The summed E-state index contributed by atoms with van der Waals surface area (Å²) >= 11 is 0. The van der Waals surface area contributed by atoms with Crippen LogP contribution in [0.1, 0.15) is 40.7 Å². The molecule has 3 aliphatic rings. The van der Waals surface area contributed by atoms with Crippen molar-refractivity contribution in [1.29, 1.82) is 0 Å². The van der Waals surface area contributed by atoms with E-state index in [9.17, 15) is 9.90 Å². The summed E-state index contributed by atoms with van der Waals surface area (Å²) in [6.45, 7) is 6.26. The molecule has 1 N–H and O–H groups in total. The van der Waals surface area contributed by atoms with E-state index in [4.69, 9.17) is 4.74 Å². The van der Waals surface area contributed by atoms with Crippen molar-refractivity contribution in [3.63, 3.8) is 0 Å². The molecule has 2 aromatic carbocycles. The number of benzene rings is 2. The van der Waals surface area contributed by atoms with E-state index in [1.807, 2.05) is 30.3 Å². The first-order valence-corrected chi connectivity index (χ1v) is 11.9. The average molecular weight is 454 g/mol. The summed E-state index contributed by atoms with van der Waals surface area (Å²) in [6.07, 6.45) is 6.76. The van der Waals surface area contributed by atoms with Crippen molar-refractivity contribution in [3.8, 4) is 5.75 Å². The zero-order valence-electron chi connectivity index (χ0n) is 20.3. The number of fused-ring (bicyclic) bond motifs is 4. The number of hydrogen-bond donors (Lipinski definition) is 1. The van der Waals surface area contributed by atoms with Gasteiger partial charge in [0.05, 0.1) is 13.1 Å². The van der Waals surface area contributed by atoms with E-state index in [0.29, 0.717) is 12.0 Å². The van der Waals surface area contributed by atoms with Crippen molar-refractivity contribution in [3.05, 3.63) is 65.4 Å². The van der Waals surface area contributed by atoms with Crippen molar-refractivity contribution in [2.45, 2.75) is 32.2 Å². The molecule has 0 radical (unpaired) electrons. The molecule has 4 heterocycles. The van der Waals surface area contributed by atoms with Crippen molar-refractivity contribution < 1.29 is 33.5 Å². The van der Waals surface area contributed by atoms with Crippen molar-refractivity contribution in [1.82, 2.24) is 14.8 Å². The number of piperidine rings is 3. The van der Waals surface area contributed by atoms with Crippen LogP contribution in [0.5, 0.6) is 5.75 Å². The molecule has 0 atom stereocenters. The molecule has 0 saturated carbocycles. The summed E-state index contributed by atoms with van der Waals surface area (Å²) in [6, 6.07) is 13.4. The molecule has 34 heavy (non-hydrogen) atoms. The number of hydrogen-bond acceptors (Lipinski definition) is 5. The number of aromatic nitrogens is 1. The van der Waals surface area contributed by atoms with Gasteiger partial charge in [0.25, 0.3) is 0 Å². The maximum Gasteiger partial charge on any atom is 1.00 e. The fourth-order valence-electron chi connectivity index (χ4n) is 5.60. The molecular formula is C27H32LiN3O3. The maximum atomic E-state index is 11.9. The minimum absolute atomic E-state index is 0. The number of carbonyl (C=O) groups is 1. The molecule has 174 valence electrons. The Morgan fingerprint density at radius 2 is 1.79 bits per heavy atom. The van der Waals surface area contributed by atoms with Gasteiger partial charge in [0.1, 0.15) is 5.75 Å². The summed E-state index contributed by atoms with van der Waals surface area (Å²) in [4.78, 5) is 14.4. The Hall–Kier alpha value is -2.23. The predicted molar refractivity (Wildman–Crippen MR) is 128 cm³/mol. The maximum absolute atomic E-state index is 11.9. The number of carboxylic acids is 1. The molecule has 0 unspecified atom stereocenters. The van der Waals surface area contributed by atoms with Crippen molar-refractivity contribution in [2.24, 2.45) is 5.41 Å². The second kappa shape index (κ2) is 10.6. The Kier molecular flexibility index (Phi) is 7.74. The van der Waals surface area contributed by atoms with E-state index in [0.717, 1.165) is 47.3 Å². The number of carboxylic acid groups (broad SMARTS) is 1. The number of nitrogens with one attached hydrogen (secondary N) is 1. The third kappa shape index (κ3) is 5.06. The van der Waals surface area contributed by atoms with Crippen LogP contribution in [-0.4, -0.2) is 55.3 Å². The minimum atomic E-state index is -1.12. The van der Waals surface area contributed by atoms with Crippen LogP contribution in [0.25, 0.3) is 10.9 Å². The van der Waals surface area contributed by atoms with Gasteiger partial charge in [0.2, 0.25) is 0 Å². The monoisotopic (exact) mass is 453 g/mol. The third-order valence-electron chi connectivity index (χ3n) is 7.66. The summed E-state index contributed by atoms with van der Waals surface area (Å²) < 4.78 is 7.41. The fourth-order valence-corrected chi connectivity index (χ4v) is 5.60. The summed E-state index contributed by atoms with van der Waals surface area (Å²) in [5, 5.41) is 16.4. The van der Waals surface area contributed by atoms with Crippen molar-refractivity contribution >= 4 is 16.9 Å². The average Bonchev–Trinajstić information content (AvgIpc) is 3.21. The van der Waals surface area contributed by atoms with Gasteiger partial charge >= 0.3 is 18.9 Å². The van der Waals surface area contributed by atoms with Crippen LogP contribution in [0.3, 0.4) is 0 Å². The Labute approximate surface area is 213 Å². The zero-order chi connectivity index (χ0) is 22.8. The fraction of sp³-hybridized carbons (Fsp3) is 0.444. The van der Waals surface area contributed by atoms with E-state index in [-0.39, 0.29) is 24.4 Å². The van der Waals surface area contributed by atoms with E-state index in [1.165, 1.54) is 38.9 Å². The first-order chi connectivity index (χ1) is 16.1. The van der Waals surface area contributed by atoms with E-state index < -0.39 is 5.97 Å². The molecule has 3 fully saturated rings. The molecule has 0 spiro atoms. The smallest absolute Gasteiger partial charge is 0.545 e. The molecule has 1 aromatic heterocycles. The Morgan fingerprint density at radius 3 is 2.44 bits per heavy atom. The Morgan fingerprint density at radius 1 is 1.09 bits per heavy atom. The van der Waals surface area contributed by atoms with Gasteiger partial charge in [-0.1, -0.05) is 24.3 Å². The van der Waals surface area contributed by atoms with Crippen LogP contribution in [0.2, 0.25) is 0 Å². The Balaban J connectivity index is 0.00000274. The van der Waals surface area contributed by atoms with Gasteiger partial charge in [0.15, 0.2) is 0 Å². The molecule has 0 amide bonds.